The summed E-state index contributed by atoms with van der Waals surface area (Å²) < 4.78 is 0. The molecule has 0 spiro atoms. The van der Waals surface area contributed by atoms with E-state index in [1.54, 1.807) is 0 Å². The van der Waals surface area contributed by atoms with Crippen LogP contribution < -0.4 is 11.1 Å². The van der Waals surface area contributed by atoms with Crippen molar-refractivity contribution in [3.05, 3.63) is 78.0 Å². The fourth-order valence-electron chi connectivity index (χ4n) is 3.73. The van der Waals surface area contributed by atoms with E-state index in [1.807, 2.05) is 18.3 Å². The van der Waals surface area contributed by atoms with Gasteiger partial charge in [0.25, 0.3) is 0 Å². The largest absolute Gasteiger partial charge is 0.370 e. The van der Waals surface area contributed by atoms with Gasteiger partial charge in [-0.15, -0.1) is 0 Å². The molecule has 4 rings (SSSR count). The van der Waals surface area contributed by atoms with Crippen LogP contribution in [0.1, 0.15) is 24.0 Å². The molecule has 0 radical (unpaired) electrons. The summed E-state index contributed by atoms with van der Waals surface area (Å²) >= 11 is 0. The maximum atomic E-state index is 6.14. The molecule has 1 aliphatic rings. The van der Waals surface area contributed by atoms with Crippen LogP contribution in [0.4, 0.5) is 0 Å². The van der Waals surface area contributed by atoms with E-state index < -0.39 is 0 Å². The second kappa shape index (κ2) is 8.85. The average molecular weight is 374 g/mol. The van der Waals surface area contributed by atoms with Crippen LogP contribution in [0, 0.1) is 0 Å². The van der Waals surface area contributed by atoms with Gasteiger partial charge in [0.15, 0.2) is 5.96 Å². The summed E-state index contributed by atoms with van der Waals surface area (Å²) in [6, 6.07) is 21.3. The topological polar surface area (TPSA) is 66.5 Å². The molecule has 28 heavy (non-hydrogen) atoms. The highest BCUT2D eigenvalue weighted by Crippen LogP contribution is 2.15. The fraction of sp³-hybridized carbons (Fsp3) is 0.304. The van der Waals surface area contributed by atoms with Gasteiger partial charge in [-0.3, -0.25) is 9.88 Å². The second-order valence-electron chi connectivity index (χ2n) is 7.41. The number of pyridine rings is 1. The zero-order chi connectivity index (χ0) is 19.2. The molecule has 5 heteroatoms. The van der Waals surface area contributed by atoms with Crippen LogP contribution in [0.3, 0.4) is 0 Å². The van der Waals surface area contributed by atoms with Crippen molar-refractivity contribution in [2.75, 3.05) is 13.1 Å². The van der Waals surface area contributed by atoms with Crippen molar-refractivity contribution >= 4 is 16.9 Å². The van der Waals surface area contributed by atoms with Gasteiger partial charge in [-0.1, -0.05) is 42.5 Å². The van der Waals surface area contributed by atoms with Crippen molar-refractivity contribution in [1.29, 1.82) is 0 Å². The van der Waals surface area contributed by atoms with Crippen molar-refractivity contribution in [2.45, 2.75) is 32.0 Å². The third kappa shape index (κ3) is 4.87. The molecule has 0 unspecified atom stereocenters. The van der Waals surface area contributed by atoms with Gasteiger partial charge in [0.1, 0.15) is 0 Å². The standard InChI is InChI=1S/C23H27N5/c24-23(26-16-19-8-9-22-20(15-19)7-4-12-25-22)27-21-10-13-28(14-11-21)17-18-5-2-1-3-6-18/h1-9,12,15,21H,10-11,13-14,16-17H2,(H3,24,26,27). The van der Waals surface area contributed by atoms with Gasteiger partial charge < -0.3 is 11.1 Å². The van der Waals surface area contributed by atoms with Crippen molar-refractivity contribution in [1.82, 2.24) is 15.2 Å². The van der Waals surface area contributed by atoms with Gasteiger partial charge in [-0.05, 0) is 42.2 Å². The van der Waals surface area contributed by atoms with E-state index >= 15 is 0 Å². The van der Waals surface area contributed by atoms with E-state index in [4.69, 9.17) is 5.73 Å². The Morgan fingerprint density at radius 1 is 1.04 bits per heavy atom. The SMILES string of the molecule is NC(=NCc1ccc2ncccc2c1)NC1CCN(Cc2ccccc2)CC1. The Labute approximate surface area is 166 Å². The molecule has 1 fully saturated rings. The predicted octanol–water partition coefficient (Wildman–Crippen LogP) is 3.30. The van der Waals surface area contributed by atoms with Crippen LogP contribution in [0.15, 0.2) is 71.9 Å². The summed E-state index contributed by atoms with van der Waals surface area (Å²) in [5.41, 5.74) is 9.66. The smallest absolute Gasteiger partial charge is 0.189 e. The number of nitrogens with one attached hydrogen (secondary N) is 1. The van der Waals surface area contributed by atoms with Crippen LogP contribution in [0.2, 0.25) is 0 Å². The highest BCUT2D eigenvalue weighted by molar-refractivity contribution is 5.80. The molecule has 0 aliphatic carbocycles. The van der Waals surface area contributed by atoms with Crippen LogP contribution in [-0.4, -0.2) is 35.0 Å². The van der Waals surface area contributed by atoms with E-state index in [2.05, 4.69) is 68.7 Å². The number of hydrogen-bond acceptors (Lipinski definition) is 3. The number of guanidine groups is 1. The number of hydrogen-bond donors (Lipinski definition) is 2. The number of nitrogens with two attached hydrogens (primary N) is 1. The Balaban J connectivity index is 1.26. The van der Waals surface area contributed by atoms with Crippen molar-refractivity contribution in [2.24, 2.45) is 10.7 Å². The molecule has 1 aliphatic heterocycles. The van der Waals surface area contributed by atoms with Crippen LogP contribution in [0.25, 0.3) is 10.9 Å². The van der Waals surface area contributed by atoms with Gasteiger partial charge in [0.2, 0.25) is 0 Å². The van der Waals surface area contributed by atoms with E-state index in [9.17, 15) is 0 Å². The lowest BCUT2D eigenvalue weighted by Gasteiger charge is -2.32. The van der Waals surface area contributed by atoms with Gasteiger partial charge in [0.05, 0.1) is 12.1 Å². The number of nitrogens with zero attached hydrogens (tertiary/aromatic N) is 3. The van der Waals surface area contributed by atoms with E-state index in [0.717, 1.165) is 48.9 Å². The van der Waals surface area contributed by atoms with Gasteiger partial charge in [-0.2, -0.15) is 0 Å². The number of benzene rings is 2. The minimum absolute atomic E-state index is 0.400. The summed E-state index contributed by atoms with van der Waals surface area (Å²) in [7, 11) is 0. The molecular weight excluding hydrogens is 346 g/mol. The van der Waals surface area contributed by atoms with Crippen LogP contribution in [0.5, 0.6) is 0 Å². The third-order valence-corrected chi connectivity index (χ3v) is 5.29. The summed E-state index contributed by atoms with van der Waals surface area (Å²) in [6.45, 7) is 3.76. The number of fused-ring (bicyclic) bond motifs is 1. The molecule has 0 amide bonds. The Bertz CT molecular complexity index is 930. The first-order valence-corrected chi connectivity index (χ1v) is 9.93. The van der Waals surface area contributed by atoms with E-state index in [1.165, 1.54) is 5.56 Å². The van der Waals surface area contributed by atoms with Gasteiger partial charge >= 0.3 is 0 Å². The molecule has 0 saturated carbocycles. The molecule has 144 valence electrons. The normalized spacial score (nSPS) is 16.4. The molecule has 2 aromatic carbocycles. The molecule has 0 bridgehead atoms. The van der Waals surface area contributed by atoms with Crippen molar-refractivity contribution in [3.63, 3.8) is 0 Å². The zero-order valence-corrected chi connectivity index (χ0v) is 16.1. The quantitative estimate of drug-likeness (QED) is 0.532. The first-order valence-electron chi connectivity index (χ1n) is 9.93. The lowest BCUT2D eigenvalue weighted by atomic mass is 10.0. The first kappa shape index (κ1) is 18.4. The summed E-state index contributed by atoms with van der Waals surface area (Å²) in [4.78, 5) is 11.4. The average Bonchev–Trinajstić information content (AvgIpc) is 2.74. The van der Waals surface area contributed by atoms with E-state index in [0.29, 0.717) is 18.5 Å². The number of aromatic nitrogens is 1. The lowest BCUT2D eigenvalue weighted by Crippen LogP contribution is -2.46. The van der Waals surface area contributed by atoms with Crippen molar-refractivity contribution in [3.8, 4) is 0 Å². The molecule has 3 N–H and O–H groups in total. The Kier molecular flexibility index (Phi) is 5.83. The van der Waals surface area contributed by atoms with Crippen LogP contribution >= 0.6 is 0 Å². The minimum Gasteiger partial charge on any atom is -0.370 e. The number of likely N-dealkylation sites (tertiary alicyclic amines) is 1. The first-order chi connectivity index (χ1) is 13.8. The van der Waals surface area contributed by atoms with Gasteiger partial charge in [-0.25, -0.2) is 4.99 Å². The monoisotopic (exact) mass is 373 g/mol. The second-order valence-corrected chi connectivity index (χ2v) is 7.41. The highest BCUT2D eigenvalue weighted by atomic mass is 15.2. The number of piperidine rings is 1. The van der Waals surface area contributed by atoms with Crippen LogP contribution in [-0.2, 0) is 13.1 Å². The third-order valence-electron chi connectivity index (χ3n) is 5.29. The fourth-order valence-corrected chi connectivity index (χ4v) is 3.73. The van der Waals surface area contributed by atoms with Crippen molar-refractivity contribution < 1.29 is 0 Å². The maximum absolute atomic E-state index is 6.14. The summed E-state index contributed by atoms with van der Waals surface area (Å²) in [5, 5.41) is 4.53. The minimum atomic E-state index is 0.400. The Hall–Kier alpha value is -2.92. The number of rotatable bonds is 5. The Morgan fingerprint density at radius 2 is 1.86 bits per heavy atom. The lowest BCUT2D eigenvalue weighted by molar-refractivity contribution is 0.199. The molecule has 0 atom stereocenters. The van der Waals surface area contributed by atoms with E-state index in [-0.39, 0.29) is 0 Å². The summed E-state index contributed by atoms with van der Waals surface area (Å²) in [6.07, 6.45) is 3.99. The molecule has 2 heterocycles. The highest BCUT2D eigenvalue weighted by Gasteiger charge is 2.19. The molecular formula is C23H27N5. The molecule has 3 aromatic rings. The summed E-state index contributed by atoms with van der Waals surface area (Å²) in [5.74, 6) is 0.535. The Morgan fingerprint density at radius 3 is 2.68 bits per heavy atom. The number of aliphatic imine (C=N–C) groups is 1. The zero-order valence-electron chi connectivity index (χ0n) is 16.1. The van der Waals surface area contributed by atoms with Gasteiger partial charge in [0, 0.05) is 37.3 Å². The predicted molar refractivity (Wildman–Crippen MR) is 115 cm³/mol. The maximum Gasteiger partial charge on any atom is 0.189 e. The molecule has 1 saturated heterocycles. The molecule has 1 aromatic heterocycles. The molecule has 5 nitrogen and oxygen atoms in total.